The molecule has 1 amide bonds. The van der Waals surface area contributed by atoms with Gasteiger partial charge in [0, 0.05) is 20.1 Å². The fourth-order valence-electron chi connectivity index (χ4n) is 3.49. The minimum atomic E-state index is -0.957. The minimum Gasteiger partial charge on any atom is -0.480 e. The van der Waals surface area contributed by atoms with Crippen LogP contribution in [-0.2, 0) is 33.6 Å². The van der Waals surface area contributed by atoms with Crippen LogP contribution in [0.4, 0.5) is 0 Å². The molecule has 0 spiro atoms. The molecule has 22 heavy (non-hydrogen) atoms. The van der Waals surface area contributed by atoms with Crippen molar-refractivity contribution in [3.05, 3.63) is 34.9 Å². The number of rotatable bonds is 4. The molecule has 1 aromatic carbocycles. The Morgan fingerprint density at radius 1 is 1.32 bits per heavy atom. The summed E-state index contributed by atoms with van der Waals surface area (Å²) in [5.41, 5.74) is 3.67. The van der Waals surface area contributed by atoms with Gasteiger partial charge >= 0.3 is 5.97 Å². The van der Waals surface area contributed by atoms with Gasteiger partial charge in [0.1, 0.15) is 6.04 Å². The van der Waals surface area contributed by atoms with E-state index in [1.807, 2.05) is 6.07 Å². The number of ether oxygens (including phenoxy) is 1. The molecule has 1 N–H and O–H groups in total. The Balaban J connectivity index is 1.72. The van der Waals surface area contributed by atoms with Crippen LogP contribution in [0.3, 0.4) is 0 Å². The molecule has 5 heteroatoms. The first-order valence-electron chi connectivity index (χ1n) is 7.74. The molecule has 1 aromatic rings. The fourth-order valence-corrected chi connectivity index (χ4v) is 3.49. The first-order chi connectivity index (χ1) is 10.6. The van der Waals surface area contributed by atoms with Crippen molar-refractivity contribution in [2.75, 3.05) is 13.7 Å². The molecule has 1 aliphatic carbocycles. The van der Waals surface area contributed by atoms with Crippen LogP contribution >= 0.6 is 0 Å². The van der Waals surface area contributed by atoms with E-state index in [0.717, 1.165) is 18.4 Å². The number of aryl methyl sites for hydroxylation is 2. The van der Waals surface area contributed by atoms with Crippen molar-refractivity contribution in [1.29, 1.82) is 0 Å². The van der Waals surface area contributed by atoms with Crippen LogP contribution in [0.5, 0.6) is 0 Å². The second-order valence-corrected chi connectivity index (χ2v) is 6.13. The summed E-state index contributed by atoms with van der Waals surface area (Å²) >= 11 is 0. The fraction of sp³-hybridized carbons (Fsp3) is 0.529. The molecule has 2 aliphatic rings. The molecule has 2 unspecified atom stereocenters. The number of carboxylic acid groups (broad SMARTS) is 1. The van der Waals surface area contributed by atoms with E-state index < -0.39 is 12.0 Å². The zero-order chi connectivity index (χ0) is 15.7. The van der Waals surface area contributed by atoms with Crippen molar-refractivity contribution >= 4 is 11.9 Å². The molecule has 1 saturated heterocycles. The molecule has 118 valence electrons. The van der Waals surface area contributed by atoms with Gasteiger partial charge in [0.25, 0.3) is 0 Å². The lowest BCUT2D eigenvalue weighted by atomic mass is 10.0. The first kappa shape index (κ1) is 15.0. The van der Waals surface area contributed by atoms with Crippen LogP contribution in [0.25, 0.3) is 0 Å². The third-order valence-electron chi connectivity index (χ3n) is 4.72. The van der Waals surface area contributed by atoms with E-state index >= 15 is 0 Å². The Hall–Kier alpha value is -1.88. The van der Waals surface area contributed by atoms with Crippen molar-refractivity contribution < 1.29 is 19.4 Å². The third-order valence-corrected chi connectivity index (χ3v) is 4.72. The van der Waals surface area contributed by atoms with E-state index in [1.165, 1.54) is 22.4 Å². The molecule has 1 aliphatic heterocycles. The van der Waals surface area contributed by atoms with Gasteiger partial charge in [-0.2, -0.15) is 0 Å². The van der Waals surface area contributed by atoms with Crippen LogP contribution in [0.1, 0.15) is 29.5 Å². The lowest BCUT2D eigenvalue weighted by Crippen LogP contribution is -2.41. The molecule has 0 aromatic heterocycles. The monoisotopic (exact) mass is 303 g/mol. The number of aliphatic carboxylic acids is 1. The van der Waals surface area contributed by atoms with Gasteiger partial charge in [-0.05, 0) is 36.0 Å². The largest absolute Gasteiger partial charge is 0.480 e. The number of benzene rings is 1. The minimum absolute atomic E-state index is 0.134. The summed E-state index contributed by atoms with van der Waals surface area (Å²) in [5.74, 6) is -1.09. The van der Waals surface area contributed by atoms with E-state index in [4.69, 9.17) is 4.74 Å². The number of carbonyl (C=O) groups is 2. The van der Waals surface area contributed by atoms with E-state index in [-0.39, 0.29) is 18.4 Å². The second kappa shape index (κ2) is 6.08. The topological polar surface area (TPSA) is 66.8 Å². The van der Waals surface area contributed by atoms with Crippen molar-refractivity contribution in [3.8, 4) is 0 Å². The number of nitrogens with zero attached hydrogens (tertiary/aromatic N) is 1. The molecule has 1 fully saturated rings. The summed E-state index contributed by atoms with van der Waals surface area (Å²) in [5, 5.41) is 9.29. The molecular weight excluding hydrogens is 282 g/mol. The third kappa shape index (κ3) is 2.86. The Morgan fingerprint density at radius 3 is 2.82 bits per heavy atom. The van der Waals surface area contributed by atoms with Gasteiger partial charge in [-0.1, -0.05) is 18.2 Å². The quantitative estimate of drug-likeness (QED) is 0.913. The Bertz CT molecular complexity index is 598. The summed E-state index contributed by atoms with van der Waals surface area (Å²) in [7, 11) is 1.55. The summed E-state index contributed by atoms with van der Waals surface area (Å²) < 4.78 is 5.23. The number of amides is 1. The number of methoxy groups -OCH3 is 1. The summed E-state index contributed by atoms with van der Waals surface area (Å²) in [6, 6.07) is 5.41. The lowest BCUT2D eigenvalue weighted by Gasteiger charge is -2.21. The van der Waals surface area contributed by atoms with Gasteiger partial charge in [0.15, 0.2) is 0 Å². The summed E-state index contributed by atoms with van der Waals surface area (Å²) in [6.07, 6.45) is 3.80. The van der Waals surface area contributed by atoms with Gasteiger partial charge in [0.05, 0.1) is 12.5 Å². The average Bonchev–Trinajstić information content (AvgIpc) is 3.13. The maximum atomic E-state index is 12.5. The van der Waals surface area contributed by atoms with Gasteiger partial charge in [-0.3, -0.25) is 4.79 Å². The molecule has 1 heterocycles. The predicted molar refractivity (Wildman–Crippen MR) is 80.7 cm³/mol. The Morgan fingerprint density at radius 2 is 2.09 bits per heavy atom. The van der Waals surface area contributed by atoms with Crippen molar-refractivity contribution in [3.63, 3.8) is 0 Å². The van der Waals surface area contributed by atoms with E-state index in [9.17, 15) is 14.7 Å². The molecular formula is C17H21NO4. The molecule has 3 rings (SSSR count). The zero-order valence-electron chi connectivity index (χ0n) is 12.7. The van der Waals surface area contributed by atoms with Crippen LogP contribution in [-0.4, -0.2) is 47.7 Å². The maximum Gasteiger partial charge on any atom is 0.326 e. The number of carboxylic acids is 1. The molecule has 0 bridgehead atoms. The molecule has 5 nitrogen and oxygen atoms in total. The Kier molecular flexibility index (Phi) is 4.16. The maximum absolute atomic E-state index is 12.5. The highest BCUT2D eigenvalue weighted by Gasteiger charge is 2.39. The standard InChI is InChI=1S/C17H21NO4/c1-22-14-9-15(17(20)21)18(10-14)16(19)8-11-5-6-12-3-2-4-13(12)7-11/h5-7,14-15H,2-4,8-10H2,1H3,(H,20,21). The number of fused-ring (bicyclic) bond motifs is 1. The van der Waals surface area contributed by atoms with Gasteiger partial charge in [0.2, 0.25) is 5.91 Å². The second-order valence-electron chi connectivity index (χ2n) is 6.13. The van der Waals surface area contributed by atoms with Crippen molar-refractivity contribution in [1.82, 2.24) is 4.90 Å². The van der Waals surface area contributed by atoms with Crippen molar-refractivity contribution in [2.24, 2.45) is 0 Å². The predicted octanol–water partition coefficient (Wildman–Crippen LogP) is 1.42. The van der Waals surface area contributed by atoms with Crippen LogP contribution in [0.2, 0.25) is 0 Å². The van der Waals surface area contributed by atoms with Crippen LogP contribution < -0.4 is 0 Å². The van der Waals surface area contributed by atoms with E-state index in [0.29, 0.717) is 13.0 Å². The van der Waals surface area contributed by atoms with Gasteiger partial charge in [-0.15, -0.1) is 0 Å². The normalized spacial score (nSPS) is 23.6. The Labute approximate surface area is 129 Å². The van der Waals surface area contributed by atoms with E-state index in [2.05, 4.69) is 12.1 Å². The number of likely N-dealkylation sites (tertiary alicyclic amines) is 1. The van der Waals surface area contributed by atoms with Crippen LogP contribution in [0, 0.1) is 0 Å². The summed E-state index contributed by atoms with van der Waals surface area (Å²) in [6.45, 7) is 0.358. The number of hydrogen-bond donors (Lipinski definition) is 1. The number of carbonyl (C=O) groups excluding carboxylic acids is 1. The van der Waals surface area contributed by atoms with Crippen LogP contribution in [0.15, 0.2) is 18.2 Å². The smallest absolute Gasteiger partial charge is 0.326 e. The van der Waals surface area contributed by atoms with Gasteiger partial charge < -0.3 is 14.7 Å². The zero-order valence-corrected chi connectivity index (χ0v) is 12.7. The number of hydrogen-bond acceptors (Lipinski definition) is 3. The van der Waals surface area contributed by atoms with Gasteiger partial charge in [-0.25, -0.2) is 4.79 Å². The first-order valence-corrected chi connectivity index (χ1v) is 7.74. The van der Waals surface area contributed by atoms with E-state index in [1.54, 1.807) is 7.11 Å². The summed E-state index contributed by atoms with van der Waals surface area (Å²) in [4.78, 5) is 25.3. The lowest BCUT2D eigenvalue weighted by molar-refractivity contribution is -0.148. The highest BCUT2D eigenvalue weighted by molar-refractivity contribution is 5.85. The SMILES string of the molecule is COC1CC(C(=O)O)N(C(=O)Cc2ccc3c(c2)CCC3)C1. The molecule has 0 radical (unpaired) electrons. The molecule has 0 saturated carbocycles. The highest BCUT2D eigenvalue weighted by atomic mass is 16.5. The highest BCUT2D eigenvalue weighted by Crippen LogP contribution is 2.25. The average molecular weight is 303 g/mol. The van der Waals surface area contributed by atoms with Crippen molar-refractivity contribution in [2.45, 2.75) is 44.2 Å². The molecule has 2 atom stereocenters.